The molecule has 1 aliphatic heterocycles. The number of hydrogen-bond acceptors (Lipinski definition) is 6. The number of carbonyl (C=O) groups is 1. The maximum Gasteiger partial charge on any atom is 0.224 e. The molecule has 1 N–H and O–H groups in total. The highest BCUT2D eigenvalue weighted by Crippen LogP contribution is 2.40. The van der Waals surface area contributed by atoms with Crippen LogP contribution in [0.4, 0.5) is 15.8 Å². The molecule has 0 atom stereocenters. The van der Waals surface area contributed by atoms with Gasteiger partial charge in [-0.3, -0.25) is 4.79 Å². The molecule has 1 aliphatic rings. The summed E-state index contributed by atoms with van der Waals surface area (Å²) in [6.45, 7) is 2.46. The molecule has 162 valence electrons. The van der Waals surface area contributed by atoms with Gasteiger partial charge in [0.05, 0.1) is 40.2 Å². The number of methoxy groups -OCH3 is 3. The van der Waals surface area contributed by atoms with Crippen molar-refractivity contribution in [1.82, 2.24) is 0 Å². The topological polar surface area (TPSA) is 69.3 Å². The number of aryl methyl sites for hydroxylation is 1. The van der Waals surface area contributed by atoms with Gasteiger partial charge in [0.2, 0.25) is 11.7 Å². The zero-order chi connectivity index (χ0) is 21.5. The van der Waals surface area contributed by atoms with Gasteiger partial charge in [0.25, 0.3) is 0 Å². The van der Waals surface area contributed by atoms with Gasteiger partial charge in [-0.15, -0.1) is 0 Å². The van der Waals surface area contributed by atoms with Crippen molar-refractivity contribution in [2.24, 2.45) is 0 Å². The molecule has 0 unspecified atom stereocenters. The molecule has 1 heterocycles. The summed E-state index contributed by atoms with van der Waals surface area (Å²) < 4.78 is 35.9. The third kappa shape index (κ3) is 4.94. The first-order valence-electron chi connectivity index (χ1n) is 9.77. The number of morpholine rings is 1. The lowest BCUT2D eigenvalue weighted by molar-refractivity contribution is -0.116. The van der Waals surface area contributed by atoms with Crippen molar-refractivity contribution in [2.75, 3.05) is 57.8 Å². The largest absolute Gasteiger partial charge is 0.493 e. The van der Waals surface area contributed by atoms with E-state index in [9.17, 15) is 9.18 Å². The number of nitrogens with one attached hydrogen (secondary N) is 1. The number of hydrogen-bond donors (Lipinski definition) is 1. The fourth-order valence-corrected chi connectivity index (χ4v) is 3.48. The van der Waals surface area contributed by atoms with Crippen LogP contribution in [0.15, 0.2) is 30.3 Å². The second-order valence-electron chi connectivity index (χ2n) is 6.81. The van der Waals surface area contributed by atoms with Crippen LogP contribution in [0.2, 0.25) is 0 Å². The molecule has 1 saturated heterocycles. The Bertz CT molecular complexity index is 884. The van der Waals surface area contributed by atoms with Gasteiger partial charge < -0.3 is 29.2 Å². The molecule has 3 rings (SSSR count). The highest BCUT2D eigenvalue weighted by atomic mass is 19.1. The van der Waals surface area contributed by atoms with Crippen LogP contribution < -0.4 is 24.4 Å². The van der Waals surface area contributed by atoms with Crippen LogP contribution in [0.1, 0.15) is 12.0 Å². The highest BCUT2D eigenvalue weighted by Gasteiger charge is 2.18. The molecule has 0 spiro atoms. The number of ether oxygens (including phenoxy) is 4. The van der Waals surface area contributed by atoms with Crippen molar-refractivity contribution in [3.05, 3.63) is 41.7 Å². The van der Waals surface area contributed by atoms with Crippen molar-refractivity contribution >= 4 is 17.3 Å². The summed E-state index contributed by atoms with van der Waals surface area (Å²) >= 11 is 0. The summed E-state index contributed by atoms with van der Waals surface area (Å²) in [5.74, 6) is 0.990. The van der Waals surface area contributed by atoms with E-state index in [0.717, 1.165) is 5.56 Å². The predicted octanol–water partition coefficient (Wildman–Crippen LogP) is 3.26. The normalized spacial score (nSPS) is 13.7. The van der Waals surface area contributed by atoms with Crippen molar-refractivity contribution < 1.29 is 28.1 Å². The Balaban J connectivity index is 1.63. The zero-order valence-electron chi connectivity index (χ0n) is 17.5. The van der Waals surface area contributed by atoms with E-state index in [4.69, 9.17) is 18.9 Å². The van der Waals surface area contributed by atoms with Gasteiger partial charge in [0.1, 0.15) is 5.82 Å². The van der Waals surface area contributed by atoms with Gasteiger partial charge in [-0.05, 0) is 36.2 Å². The Hall–Kier alpha value is -3.00. The maximum absolute atomic E-state index is 14.5. The Morgan fingerprint density at radius 1 is 1.07 bits per heavy atom. The summed E-state index contributed by atoms with van der Waals surface area (Å²) in [6.07, 6.45) is 0.641. The Morgan fingerprint density at radius 3 is 2.43 bits per heavy atom. The van der Waals surface area contributed by atoms with Crippen molar-refractivity contribution in [3.63, 3.8) is 0 Å². The lowest BCUT2D eigenvalue weighted by atomic mass is 10.1. The minimum atomic E-state index is -0.365. The summed E-state index contributed by atoms with van der Waals surface area (Å²) in [4.78, 5) is 14.3. The molecule has 8 heteroatoms. The summed E-state index contributed by atoms with van der Waals surface area (Å²) in [5.41, 5.74) is 1.76. The Kier molecular flexibility index (Phi) is 7.35. The number of benzene rings is 2. The van der Waals surface area contributed by atoms with Crippen LogP contribution in [0, 0.1) is 5.82 Å². The van der Waals surface area contributed by atoms with Crippen molar-refractivity contribution in [1.29, 1.82) is 0 Å². The third-order valence-electron chi connectivity index (χ3n) is 4.99. The van der Waals surface area contributed by atoms with Crippen LogP contribution in [-0.2, 0) is 16.0 Å². The van der Waals surface area contributed by atoms with E-state index in [2.05, 4.69) is 5.32 Å². The lowest BCUT2D eigenvalue weighted by Gasteiger charge is -2.29. The van der Waals surface area contributed by atoms with Gasteiger partial charge in [-0.25, -0.2) is 4.39 Å². The van der Waals surface area contributed by atoms with Crippen LogP contribution in [-0.4, -0.2) is 53.5 Å². The van der Waals surface area contributed by atoms with E-state index in [1.807, 2.05) is 11.0 Å². The summed E-state index contributed by atoms with van der Waals surface area (Å²) in [5, 5.41) is 2.75. The standard InChI is InChI=1S/C22H27FN2O5/c1-27-19-8-4-15(21(28-2)22(19)29-3)5-9-20(26)24-16-6-7-18(17(23)14-16)25-10-12-30-13-11-25/h4,6-8,14H,5,9-13H2,1-3H3,(H,24,26). The van der Waals surface area contributed by atoms with E-state index in [1.54, 1.807) is 32.4 Å². The maximum atomic E-state index is 14.5. The van der Waals surface area contributed by atoms with Crippen LogP contribution in [0.25, 0.3) is 0 Å². The monoisotopic (exact) mass is 418 g/mol. The molecule has 2 aromatic rings. The van der Waals surface area contributed by atoms with E-state index < -0.39 is 0 Å². The molecule has 0 bridgehead atoms. The number of nitrogens with zero attached hydrogens (tertiary/aromatic N) is 1. The van der Waals surface area contributed by atoms with Gasteiger partial charge in [0, 0.05) is 25.2 Å². The van der Waals surface area contributed by atoms with Crippen LogP contribution >= 0.6 is 0 Å². The SMILES string of the molecule is COc1ccc(CCC(=O)Nc2ccc(N3CCOCC3)c(F)c2)c(OC)c1OC. The molecule has 1 fully saturated rings. The molecule has 30 heavy (non-hydrogen) atoms. The molecular formula is C22H27FN2O5. The zero-order valence-corrected chi connectivity index (χ0v) is 17.5. The van der Waals surface area contributed by atoms with E-state index in [0.29, 0.717) is 61.3 Å². The van der Waals surface area contributed by atoms with Gasteiger partial charge >= 0.3 is 0 Å². The van der Waals surface area contributed by atoms with Crippen LogP contribution in [0.3, 0.4) is 0 Å². The molecule has 0 saturated carbocycles. The molecule has 0 aromatic heterocycles. The second-order valence-corrected chi connectivity index (χ2v) is 6.81. The fourth-order valence-electron chi connectivity index (χ4n) is 3.48. The molecule has 7 nitrogen and oxygen atoms in total. The average molecular weight is 418 g/mol. The summed E-state index contributed by atoms with van der Waals surface area (Å²) in [7, 11) is 4.62. The Morgan fingerprint density at radius 2 is 1.80 bits per heavy atom. The van der Waals surface area contributed by atoms with E-state index in [1.165, 1.54) is 13.2 Å². The number of anilines is 2. The quantitative estimate of drug-likeness (QED) is 0.710. The first-order valence-corrected chi connectivity index (χ1v) is 9.77. The number of amides is 1. The first kappa shape index (κ1) is 21.7. The highest BCUT2D eigenvalue weighted by molar-refractivity contribution is 5.91. The molecule has 2 aromatic carbocycles. The first-order chi connectivity index (χ1) is 14.6. The van der Waals surface area contributed by atoms with E-state index >= 15 is 0 Å². The smallest absolute Gasteiger partial charge is 0.224 e. The van der Waals surface area contributed by atoms with Gasteiger partial charge in [-0.1, -0.05) is 6.07 Å². The van der Waals surface area contributed by atoms with Gasteiger partial charge in [0.15, 0.2) is 11.5 Å². The molecule has 1 amide bonds. The fraction of sp³-hybridized carbons (Fsp3) is 0.409. The molecule has 0 radical (unpaired) electrons. The minimum absolute atomic E-state index is 0.207. The van der Waals surface area contributed by atoms with Crippen molar-refractivity contribution in [2.45, 2.75) is 12.8 Å². The molecule has 0 aliphatic carbocycles. The third-order valence-corrected chi connectivity index (χ3v) is 4.99. The number of carbonyl (C=O) groups excluding carboxylic acids is 1. The lowest BCUT2D eigenvalue weighted by Crippen LogP contribution is -2.36. The average Bonchev–Trinajstić information content (AvgIpc) is 2.77. The van der Waals surface area contributed by atoms with Crippen molar-refractivity contribution in [3.8, 4) is 17.2 Å². The molecular weight excluding hydrogens is 391 g/mol. The number of rotatable bonds is 8. The van der Waals surface area contributed by atoms with Gasteiger partial charge in [-0.2, -0.15) is 0 Å². The predicted molar refractivity (Wildman–Crippen MR) is 112 cm³/mol. The Labute approximate surface area is 175 Å². The minimum Gasteiger partial charge on any atom is -0.493 e. The summed E-state index contributed by atoms with van der Waals surface area (Å²) in [6, 6.07) is 8.36. The van der Waals surface area contributed by atoms with Crippen LogP contribution in [0.5, 0.6) is 17.2 Å². The van der Waals surface area contributed by atoms with E-state index in [-0.39, 0.29) is 18.1 Å². The second kappa shape index (κ2) is 10.2. The number of halogens is 1.